The molecule has 1 amide bonds. The van der Waals surface area contributed by atoms with Crippen molar-refractivity contribution in [3.8, 4) is 11.5 Å². The van der Waals surface area contributed by atoms with Gasteiger partial charge in [-0.15, -0.1) is 0 Å². The van der Waals surface area contributed by atoms with Gasteiger partial charge in [-0.05, 0) is 42.5 Å². The first kappa shape index (κ1) is 20.7. The van der Waals surface area contributed by atoms with Gasteiger partial charge in [-0.1, -0.05) is 18.2 Å². The van der Waals surface area contributed by atoms with Crippen LogP contribution in [0.4, 0.5) is 15.8 Å². The second-order valence-corrected chi connectivity index (χ2v) is 8.84. The van der Waals surface area contributed by atoms with E-state index in [1.54, 1.807) is 24.3 Å². The second-order valence-electron chi connectivity index (χ2n) is 6.93. The SMILES string of the molecule is CS(=O)(=O)N(Cc1ccccc1F)c1ccc(C(=O)Nc2ccc3c(c2)OCO3)cc1. The highest BCUT2D eigenvalue weighted by Crippen LogP contribution is 2.34. The van der Waals surface area contributed by atoms with Crippen molar-refractivity contribution in [1.82, 2.24) is 0 Å². The maximum Gasteiger partial charge on any atom is 0.255 e. The van der Waals surface area contributed by atoms with Gasteiger partial charge < -0.3 is 14.8 Å². The van der Waals surface area contributed by atoms with Gasteiger partial charge in [0.1, 0.15) is 5.82 Å². The maximum absolute atomic E-state index is 14.0. The summed E-state index contributed by atoms with van der Waals surface area (Å²) in [5.41, 5.74) is 1.44. The molecule has 31 heavy (non-hydrogen) atoms. The predicted octanol–water partition coefficient (Wildman–Crippen LogP) is 3.77. The zero-order valence-corrected chi connectivity index (χ0v) is 17.4. The molecule has 4 rings (SSSR count). The Morgan fingerprint density at radius 1 is 1.03 bits per heavy atom. The molecule has 0 saturated carbocycles. The minimum Gasteiger partial charge on any atom is -0.454 e. The Balaban J connectivity index is 1.52. The normalized spacial score (nSPS) is 12.5. The molecule has 7 nitrogen and oxygen atoms in total. The summed E-state index contributed by atoms with van der Waals surface area (Å²) in [4.78, 5) is 12.6. The van der Waals surface area contributed by atoms with Crippen LogP contribution < -0.4 is 19.1 Å². The quantitative estimate of drug-likeness (QED) is 0.628. The van der Waals surface area contributed by atoms with Crippen LogP contribution in [0, 0.1) is 5.82 Å². The Hall–Kier alpha value is -3.59. The third-order valence-corrected chi connectivity index (χ3v) is 5.86. The van der Waals surface area contributed by atoms with Gasteiger partial charge in [0, 0.05) is 22.9 Å². The smallest absolute Gasteiger partial charge is 0.255 e. The standard InChI is InChI=1S/C22H19FN2O5S/c1-31(27,28)25(13-16-4-2-3-5-19(16)23)18-9-6-15(7-10-18)22(26)24-17-8-11-20-21(12-17)30-14-29-20/h2-12H,13-14H2,1H3,(H,24,26). The van der Waals surface area contributed by atoms with Crippen molar-refractivity contribution in [3.63, 3.8) is 0 Å². The first-order valence-corrected chi connectivity index (χ1v) is 11.2. The van der Waals surface area contributed by atoms with Crippen LogP contribution in [0.15, 0.2) is 66.7 Å². The van der Waals surface area contributed by atoms with Gasteiger partial charge in [-0.25, -0.2) is 12.8 Å². The van der Waals surface area contributed by atoms with E-state index < -0.39 is 15.8 Å². The number of rotatable bonds is 6. The number of carbonyl (C=O) groups is 1. The molecule has 0 radical (unpaired) electrons. The predicted molar refractivity (Wildman–Crippen MR) is 114 cm³/mol. The van der Waals surface area contributed by atoms with Gasteiger partial charge in [-0.3, -0.25) is 9.10 Å². The molecule has 3 aromatic carbocycles. The molecular formula is C22H19FN2O5S. The lowest BCUT2D eigenvalue weighted by Crippen LogP contribution is -2.29. The summed E-state index contributed by atoms with van der Waals surface area (Å²) in [7, 11) is -3.68. The maximum atomic E-state index is 14.0. The molecule has 0 unspecified atom stereocenters. The van der Waals surface area contributed by atoms with Crippen molar-refractivity contribution in [3.05, 3.63) is 83.7 Å². The van der Waals surface area contributed by atoms with E-state index in [1.165, 1.54) is 42.5 Å². The van der Waals surface area contributed by atoms with E-state index in [1.807, 2.05) is 0 Å². The van der Waals surface area contributed by atoms with Crippen molar-refractivity contribution in [1.29, 1.82) is 0 Å². The molecule has 1 aliphatic heterocycles. The zero-order valence-electron chi connectivity index (χ0n) is 16.5. The van der Waals surface area contributed by atoms with Gasteiger partial charge in [0.15, 0.2) is 11.5 Å². The Morgan fingerprint density at radius 3 is 2.45 bits per heavy atom. The van der Waals surface area contributed by atoms with E-state index in [0.29, 0.717) is 28.4 Å². The van der Waals surface area contributed by atoms with Gasteiger partial charge >= 0.3 is 0 Å². The zero-order chi connectivity index (χ0) is 22.0. The minimum atomic E-state index is -3.68. The van der Waals surface area contributed by atoms with Crippen LogP contribution in [0.5, 0.6) is 11.5 Å². The number of carbonyl (C=O) groups excluding carboxylic acids is 1. The van der Waals surface area contributed by atoms with E-state index in [4.69, 9.17) is 9.47 Å². The summed E-state index contributed by atoms with van der Waals surface area (Å²) in [6.45, 7) is -0.0217. The second kappa shape index (κ2) is 8.27. The number of hydrogen-bond acceptors (Lipinski definition) is 5. The summed E-state index contributed by atoms with van der Waals surface area (Å²) in [6, 6.07) is 17.1. The number of ether oxygens (including phenoxy) is 2. The van der Waals surface area contributed by atoms with Gasteiger partial charge in [-0.2, -0.15) is 0 Å². The summed E-state index contributed by atoms with van der Waals surface area (Å²) in [6.07, 6.45) is 1.05. The number of amides is 1. The lowest BCUT2D eigenvalue weighted by atomic mass is 10.1. The lowest BCUT2D eigenvalue weighted by molar-refractivity contribution is 0.102. The summed E-state index contributed by atoms with van der Waals surface area (Å²) in [5.74, 6) is 0.296. The van der Waals surface area contributed by atoms with Gasteiger partial charge in [0.2, 0.25) is 16.8 Å². The van der Waals surface area contributed by atoms with Gasteiger partial charge in [0.25, 0.3) is 5.91 Å². The van der Waals surface area contributed by atoms with Crippen LogP contribution in [0.2, 0.25) is 0 Å². The third-order valence-electron chi connectivity index (χ3n) is 4.72. The Bertz CT molecular complexity index is 1230. The Morgan fingerprint density at radius 2 is 1.74 bits per heavy atom. The molecule has 0 aliphatic carbocycles. The summed E-state index contributed by atoms with van der Waals surface area (Å²) < 4.78 is 50.3. The van der Waals surface area contributed by atoms with Crippen LogP contribution in [0.3, 0.4) is 0 Å². The molecule has 1 N–H and O–H groups in total. The largest absolute Gasteiger partial charge is 0.454 e. The number of anilines is 2. The van der Waals surface area contributed by atoms with Crippen molar-refractivity contribution in [2.75, 3.05) is 22.7 Å². The minimum absolute atomic E-state index is 0.137. The fourth-order valence-electron chi connectivity index (χ4n) is 3.14. The van der Waals surface area contributed by atoms with Crippen molar-refractivity contribution < 1.29 is 27.1 Å². The molecule has 0 fully saturated rings. The van der Waals surface area contributed by atoms with E-state index in [0.717, 1.165) is 10.6 Å². The highest BCUT2D eigenvalue weighted by Gasteiger charge is 2.20. The molecule has 0 spiro atoms. The first-order valence-electron chi connectivity index (χ1n) is 9.33. The topological polar surface area (TPSA) is 84.9 Å². The van der Waals surface area contributed by atoms with E-state index in [2.05, 4.69) is 5.32 Å². The van der Waals surface area contributed by atoms with Crippen molar-refractivity contribution >= 4 is 27.3 Å². The summed E-state index contributed by atoms with van der Waals surface area (Å²) in [5, 5.41) is 2.76. The number of nitrogens with zero attached hydrogens (tertiary/aromatic N) is 1. The number of benzene rings is 3. The van der Waals surface area contributed by atoms with E-state index in [-0.39, 0.29) is 24.8 Å². The molecule has 0 aromatic heterocycles. The highest BCUT2D eigenvalue weighted by atomic mass is 32.2. The molecule has 3 aromatic rings. The average Bonchev–Trinajstić information content (AvgIpc) is 3.20. The van der Waals surface area contributed by atoms with E-state index in [9.17, 15) is 17.6 Å². The number of sulfonamides is 1. The molecule has 0 saturated heterocycles. The van der Waals surface area contributed by atoms with Crippen LogP contribution in [-0.4, -0.2) is 27.4 Å². The van der Waals surface area contributed by atoms with Crippen LogP contribution in [0.1, 0.15) is 15.9 Å². The first-order chi connectivity index (χ1) is 14.8. The summed E-state index contributed by atoms with van der Waals surface area (Å²) >= 11 is 0. The fourth-order valence-corrected chi connectivity index (χ4v) is 4.02. The van der Waals surface area contributed by atoms with Crippen LogP contribution in [-0.2, 0) is 16.6 Å². The highest BCUT2D eigenvalue weighted by molar-refractivity contribution is 7.92. The van der Waals surface area contributed by atoms with Gasteiger partial charge in [0.05, 0.1) is 18.5 Å². The van der Waals surface area contributed by atoms with E-state index >= 15 is 0 Å². The van der Waals surface area contributed by atoms with Crippen molar-refractivity contribution in [2.24, 2.45) is 0 Å². The molecule has 1 aliphatic rings. The molecule has 160 valence electrons. The third kappa shape index (κ3) is 4.61. The van der Waals surface area contributed by atoms with Crippen LogP contribution >= 0.6 is 0 Å². The number of fused-ring (bicyclic) bond motifs is 1. The molecule has 0 bridgehead atoms. The Labute approximate surface area is 179 Å². The number of hydrogen-bond donors (Lipinski definition) is 1. The van der Waals surface area contributed by atoms with Crippen molar-refractivity contribution in [2.45, 2.75) is 6.54 Å². The lowest BCUT2D eigenvalue weighted by Gasteiger charge is -2.23. The molecule has 1 heterocycles. The molecular weight excluding hydrogens is 423 g/mol. The number of halogens is 1. The van der Waals surface area contributed by atoms with Crippen LogP contribution in [0.25, 0.3) is 0 Å². The monoisotopic (exact) mass is 442 g/mol. The average molecular weight is 442 g/mol. The Kier molecular flexibility index (Phi) is 5.51. The fraction of sp³-hybridized carbons (Fsp3) is 0.136. The molecule has 0 atom stereocenters. The molecule has 9 heteroatoms. The number of nitrogens with one attached hydrogen (secondary N) is 1.